The Morgan fingerprint density at radius 1 is 1.24 bits per heavy atom. The number of hydrazone groups is 1. The molecule has 11 heteroatoms. The highest BCUT2D eigenvalue weighted by Crippen LogP contribution is 2.36. The molecule has 0 bridgehead atoms. The number of aromatic nitrogens is 3. The van der Waals surface area contributed by atoms with E-state index in [-0.39, 0.29) is 23.3 Å². The zero-order valence-electron chi connectivity index (χ0n) is 21.1. The molecule has 0 aliphatic heterocycles. The second-order valence-corrected chi connectivity index (χ2v) is 9.45. The molecular formula is C26H33FN8O2. The van der Waals surface area contributed by atoms with Crippen molar-refractivity contribution in [2.45, 2.75) is 57.6 Å². The van der Waals surface area contributed by atoms with E-state index >= 15 is 0 Å². The number of aryl methyl sites for hydroxylation is 1. The number of hydrogen-bond donors (Lipinski definition) is 4. The van der Waals surface area contributed by atoms with E-state index in [2.05, 4.69) is 20.5 Å². The topological polar surface area (TPSA) is 148 Å². The summed E-state index contributed by atoms with van der Waals surface area (Å²) in [7, 11) is 1.56. The molecule has 0 saturated heterocycles. The summed E-state index contributed by atoms with van der Waals surface area (Å²) < 4.78 is 16.6. The van der Waals surface area contributed by atoms with Crippen molar-refractivity contribution in [3.63, 3.8) is 0 Å². The zero-order valence-corrected chi connectivity index (χ0v) is 21.1. The number of carbonyl (C=O) groups excluding carboxylic acids is 1. The number of hydrogen-bond acceptors (Lipinski definition) is 7. The smallest absolute Gasteiger partial charge is 0.259 e. The predicted molar refractivity (Wildman–Crippen MR) is 140 cm³/mol. The summed E-state index contributed by atoms with van der Waals surface area (Å²) in [6, 6.07) is 8.22. The number of amides is 1. The fourth-order valence-corrected chi connectivity index (χ4v) is 4.23. The Kier molecular flexibility index (Phi) is 8.14. The average molecular weight is 509 g/mol. The van der Waals surface area contributed by atoms with E-state index in [9.17, 15) is 9.18 Å². The van der Waals surface area contributed by atoms with Gasteiger partial charge in [0.15, 0.2) is 5.84 Å². The lowest BCUT2D eigenvalue weighted by Gasteiger charge is -2.14. The lowest BCUT2D eigenvalue weighted by Crippen LogP contribution is -2.35. The monoisotopic (exact) mass is 508 g/mol. The van der Waals surface area contributed by atoms with Gasteiger partial charge in [0.1, 0.15) is 17.3 Å². The number of anilines is 1. The molecule has 0 unspecified atom stereocenters. The summed E-state index contributed by atoms with van der Waals surface area (Å²) in [5.74, 6) is 10.3. The molecule has 2 aliphatic carbocycles. The highest BCUT2D eigenvalue weighted by molar-refractivity contribution is 6.05. The molecule has 1 aromatic carbocycles. The number of carbonyl (C=O) groups is 1. The molecule has 6 N–H and O–H groups in total. The maximum Gasteiger partial charge on any atom is 0.259 e. The van der Waals surface area contributed by atoms with E-state index in [1.807, 2.05) is 10.9 Å². The number of pyridine rings is 1. The Hall–Kier alpha value is -3.83. The van der Waals surface area contributed by atoms with Crippen molar-refractivity contribution >= 4 is 17.6 Å². The zero-order chi connectivity index (χ0) is 26.5. The van der Waals surface area contributed by atoms with Crippen LogP contribution in [0.2, 0.25) is 0 Å². The van der Waals surface area contributed by atoms with E-state index in [4.69, 9.17) is 16.8 Å². The number of aliphatic hydroxyl groups excluding tert-OH is 1. The lowest BCUT2D eigenvalue weighted by atomic mass is 9.99. The van der Waals surface area contributed by atoms with E-state index in [1.54, 1.807) is 44.4 Å². The van der Waals surface area contributed by atoms with Gasteiger partial charge in [0.2, 0.25) is 0 Å². The molecule has 0 atom stereocenters. The van der Waals surface area contributed by atoms with Crippen LogP contribution in [0, 0.1) is 12.7 Å². The number of nitrogens with zero attached hydrogens (tertiary/aromatic N) is 5. The second-order valence-electron chi connectivity index (χ2n) is 9.45. The van der Waals surface area contributed by atoms with Crippen LogP contribution in [0.3, 0.4) is 0 Å². The van der Waals surface area contributed by atoms with Gasteiger partial charge in [0.25, 0.3) is 5.91 Å². The number of hydrazine groups is 1. The van der Waals surface area contributed by atoms with Gasteiger partial charge in [-0.1, -0.05) is 18.9 Å². The first-order valence-corrected chi connectivity index (χ1v) is 12.3. The Balaban J connectivity index is 0.000000469. The van der Waals surface area contributed by atoms with E-state index in [0.29, 0.717) is 11.7 Å². The van der Waals surface area contributed by atoms with Crippen molar-refractivity contribution in [3.8, 4) is 11.1 Å². The fraction of sp³-hybridized carbons (Fsp3) is 0.385. The van der Waals surface area contributed by atoms with Crippen LogP contribution in [0.1, 0.15) is 66.2 Å². The molecule has 0 spiro atoms. The van der Waals surface area contributed by atoms with Gasteiger partial charge in [-0.25, -0.2) is 15.2 Å². The van der Waals surface area contributed by atoms with Gasteiger partial charge in [-0.2, -0.15) is 10.2 Å². The first kappa shape index (κ1) is 26.2. The van der Waals surface area contributed by atoms with Crippen LogP contribution >= 0.6 is 0 Å². The third-order valence-electron chi connectivity index (χ3n) is 6.39. The summed E-state index contributed by atoms with van der Waals surface area (Å²) in [6.45, 7) is 1.80. The van der Waals surface area contributed by atoms with Crippen LogP contribution in [0.5, 0.6) is 0 Å². The number of rotatable bonds is 5. The largest absolute Gasteiger partial charge is 0.393 e. The number of benzene rings is 1. The van der Waals surface area contributed by atoms with Crippen molar-refractivity contribution in [1.29, 1.82) is 0 Å². The molecule has 5 rings (SSSR count). The molecule has 10 nitrogen and oxygen atoms in total. The van der Waals surface area contributed by atoms with Gasteiger partial charge in [0, 0.05) is 18.8 Å². The maximum absolute atomic E-state index is 14.6. The number of aliphatic hydroxyl groups is 1. The normalized spacial score (nSPS) is 15.8. The summed E-state index contributed by atoms with van der Waals surface area (Å²) in [5.41, 5.74) is 2.59. The van der Waals surface area contributed by atoms with Gasteiger partial charge in [-0.05, 0) is 68.0 Å². The van der Waals surface area contributed by atoms with Crippen molar-refractivity contribution in [2.24, 2.45) is 16.8 Å². The van der Waals surface area contributed by atoms with E-state index in [1.165, 1.54) is 23.9 Å². The van der Waals surface area contributed by atoms with Gasteiger partial charge in [0.05, 0.1) is 23.9 Å². The quantitative estimate of drug-likeness (QED) is 0.179. The number of nitrogens with one attached hydrogen (secondary N) is 1. The number of halogens is 1. The average Bonchev–Trinajstić information content (AvgIpc) is 3.39. The van der Waals surface area contributed by atoms with Crippen LogP contribution < -0.4 is 17.0 Å². The molecule has 2 heterocycles. The molecule has 2 aromatic heterocycles. The molecule has 37 heavy (non-hydrogen) atoms. The lowest BCUT2D eigenvalue weighted by molar-refractivity contribution is 0.102. The Morgan fingerprint density at radius 2 is 1.97 bits per heavy atom. The van der Waals surface area contributed by atoms with Gasteiger partial charge in [-0.3, -0.25) is 14.5 Å². The van der Waals surface area contributed by atoms with Crippen molar-refractivity contribution in [2.75, 3.05) is 12.4 Å². The predicted octanol–water partition coefficient (Wildman–Crippen LogP) is 3.33. The molecule has 0 radical (unpaired) electrons. The summed E-state index contributed by atoms with van der Waals surface area (Å²) >= 11 is 0. The highest BCUT2D eigenvalue weighted by Gasteiger charge is 2.25. The van der Waals surface area contributed by atoms with Crippen LogP contribution in [0.4, 0.5) is 10.2 Å². The van der Waals surface area contributed by atoms with Crippen molar-refractivity contribution in [3.05, 3.63) is 65.4 Å². The molecular weight excluding hydrogens is 475 g/mol. The standard InChI is InChI=1S/C21H23FN8O.C5H10O/c1-12-8-17(22)16(9-15(12)13-10-25-30(11-13)14-6-7-14)21(31)27-19-5-3-4-18(26-19)20(28-23)29(2)24;6-5-3-1-2-4-5/h3-5,8-11,14H,6-7,23-24H2,1-2H3,(H,26,27,31);5-6H,1-4H2/b28-20-;. The molecule has 3 aromatic rings. The van der Waals surface area contributed by atoms with Gasteiger partial charge >= 0.3 is 0 Å². The molecule has 196 valence electrons. The van der Waals surface area contributed by atoms with E-state index in [0.717, 1.165) is 42.4 Å². The summed E-state index contributed by atoms with van der Waals surface area (Å²) in [6.07, 6.45) is 10.5. The third kappa shape index (κ3) is 6.49. The van der Waals surface area contributed by atoms with E-state index < -0.39 is 11.7 Å². The van der Waals surface area contributed by atoms with Gasteiger partial charge in [-0.15, -0.1) is 0 Å². The third-order valence-corrected chi connectivity index (χ3v) is 6.39. The number of amidine groups is 1. The molecule has 2 fully saturated rings. The summed E-state index contributed by atoms with van der Waals surface area (Å²) in [5, 5.41) is 20.5. The minimum absolute atomic E-state index is 0.0463. The molecule has 2 aliphatic rings. The first-order chi connectivity index (χ1) is 17.8. The Bertz CT molecular complexity index is 1280. The van der Waals surface area contributed by atoms with Crippen LogP contribution in [0.25, 0.3) is 11.1 Å². The number of nitrogens with two attached hydrogens (primary N) is 2. The van der Waals surface area contributed by atoms with Crippen LogP contribution in [0.15, 0.2) is 47.8 Å². The van der Waals surface area contributed by atoms with Gasteiger partial charge < -0.3 is 16.3 Å². The SMILES string of the molecule is Cc1cc(F)c(C(=O)Nc2cccc(/C(=N/N)N(C)N)n2)cc1-c1cnn(C2CC2)c1.OC1CCCC1. The molecule has 2 saturated carbocycles. The van der Waals surface area contributed by atoms with Crippen molar-refractivity contribution in [1.82, 2.24) is 19.8 Å². The first-order valence-electron chi connectivity index (χ1n) is 12.3. The molecule has 1 amide bonds. The highest BCUT2D eigenvalue weighted by atomic mass is 19.1. The Morgan fingerprint density at radius 3 is 2.57 bits per heavy atom. The Labute approximate surface area is 215 Å². The van der Waals surface area contributed by atoms with Crippen LogP contribution in [-0.4, -0.2) is 49.8 Å². The van der Waals surface area contributed by atoms with Crippen LogP contribution in [-0.2, 0) is 0 Å². The minimum atomic E-state index is -0.620. The fourth-order valence-electron chi connectivity index (χ4n) is 4.23. The maximum atomic E-state index is 14.6. The van der Waals surface area contributed by atoms with Crippen molar-refractivity contribution < 1.29 is 14.3 Å². The summed E-state index contributed by atoms with van der Waals surface area (Å²) in [4.78, 5) is 17.1. The second kappa shape index (κ2) is 11.5. The minimum Gasteiger partial charge on any atom is -0.393 e.